The fourth-order valence-corrected chi connectivity index (χ4v) is 3.01. The first-order chi connectivity index (χ1) is 9.19. The predicted octanol–water partition coefficient (Wildman–Crippen LogP) is 5.15. The van der Waals surface area contributed by atoms with E-state index in [2.05, 4.69) is 15.9 Å². The Balaban J connectivity index is 1.95. The van der Waals surface area contributed by atoms with Gasteiger partial charge in [-0.1, -0.05) is 28.1 Å². The third kappa shape index (κ3) is 4.41. The van der Waals surface area contributed by atoms with E-state index in [1.54, 1.807) is 23.5 Å². The van der Waals surface area contributed by atoms with Crippen molar-refractivity contribution in [2.24, 2.45) is 0 Å². The zero-order valence-corrected chi connectivity index (χ0v) is 13.6. The van der Waals surface area contributed by atoms with E-state index in [1.807, 2.05) is 54.8 Å². The van der Waals surface area contributed by atoms with E-state index in [0.29, 0.717) is 5.75 Å². The third-order valence-corrected chi connectivity index (χ3v) is 4.88. The summed E-state index contributed by atoms with van der Waals surface area (Å²) in [6, 6.07) is 15.8. The topological polar surface area (TPSA) is 17.1 Å². The number of thioether (sulfide) groups is 2. The molecule has 0 aliphatic carbocycles. The number of benzene rings is 2. The molecule has 2 aromatic rings. The lowest BCUT2D eigenvalue weighted by atomic mass is 10.1. The van der Waals surface area contributed by atoms with Crippen LogP contribution in [0, 0.1) is 0 Å². The highest BCUT2D eigenvalue weighted by Crippen LogP contribution is 2.22. The van der Waals surface area contributed by atoms with Crippen molar-refractivity contribution in [1.82, 2.24) is 0 Å². The van der Waals surface area contributed by atoms with Crippen LogP contribution in [0.25, 0.3) is 0 Å². The molecule has 2 aromatic carbocycles. The van der Waals surface area contributed by atoms with Gasteiger partial charge in [-0.25, -0.2) is 0 Å². The van der Waals surface area contributed by atoms with Crippen molar-refractivity contribution >= 4 is 45.2 Å². The number of Topliss-reactive ketones (excluding diaryl/α,β-unsaturated/α-hetero) is 1. The van der Waals surface area contributed by atoms with Gasteiger partial charge in [0, 0.05) is 19.8 Å². The highest BCUT2D eigenvalue weighted by Gasteiger charge is 2.06. The van der Waals surface area contributed by atoms with Gasteiger partial charge in [-0.3, -0.25) is 4.79 Å². The number of rotatable bonds is 5. The maximum Gasteiger partial charge on any atom is 0.173 e. The average Bonchev–Trinajstić information content (AvgIpc) is 2.46. The molecule has 2 rings (SSSR count). The van der Waals surface area contributed by atoms with Crippen molar-refractivity contribution in [2.75, 3.05) is 12.0 Å². The van der Waals surface area contributed by atoms with Crippen LogP contribution >= 0.6 is 39.5 Å². The normalized spacial score (nSPS) is 10.4. The summed E-state index contributed by atoms with van der Waals surface area (Å²) in [4.78, 5) is 14.3. The second kappa shape index (κ2) is 7.17. The Morgan fingerprint density at radius 3 is 2.16 bits per heavy atom. The van der Waals surface area contributed by atoms with E-state index in [-0.39, 0.29) is 5.78 Å². The molecule has 0 aliphatic heterocycles. The molecule has 4 heteroatoms. The van der Waals surface area contributed by atoms with Crippen molar-refractivity contribution < 1.29 is 4.79 Å². The standard InChI is InChI=1S/C15H13BrOS2/c1-18-13-6-2-11(3-7-13)15(17)10-19-14-8-4-12(16)5-9-14/h2-9H,10H2,1H3. The third-order valence-electron chi connectivity index (χ3n) is 2.60. The number of ketones is 1. The highest BCUT2D eigenvalue weighted by molar-refractivity contribution is 9.10. The SMILES string of the molecule is CSc1ccc(C(=O)CSc2ccc(Br)cc2)cc1. The molecule has 0 aliphatic rings. The molecular weight excluding hydrogens is 340 g/mol. The van der Waals surface area contributed by atoms with Crippen LogP contribution in [0.5, 0.6) is 0 Å². The second-order valence-corrected chi connectivity index (χ2v) is 6.74. The summed E-state index contributed by atoms with van der Waals surface area (Å²) in [5.41, 5.74) is 0.780. The predicted molar refractivity (Wildman–Crippen MR) is 87.4 cm³/mol. The van der Waals surface area contributed by atoms with Crippen LogP contribution in [0.1, 0.15) is 10.4 Å². The Morgan fingerprint density at radius 2 is 1.58 bits per heavy atom. The highest BCUT2D eigenvalue weighted by atomic mass is 79.9. The van der Waals surface area contributed by atoms with Gasteiger partial charge in [-0.05, 0) is 42.7 Å². The molecule has 0 radical (unpaired) electrons. The Bertz CT molecular complexity index is 549. The number of carbonyl (C=O) groups is 1. The minimum Gasteiger partial charge on any atom is -0.293 e. The van der Waals surface area contributed by atoms with Gasteiger partial charge in [-0.2, -0.15) is 0 Å². The summed E-state index contributed by atoms with van der Waals surface area (Å²) in [6.45, 7) is 0. The van der Waals surface area contributed by atoms with Gasteiger partial charge >= 0.3 is 0 Å². The van der Waals surface area contributed by atoms with Gasteiger partial charge < -0.3 is 0 Å². The average molecular weight is 353 g/mol. The van der Waals surface area contributed by atoms with Crippen LogP contribution in [-0.4, -0.2) is 17.8 Å². The van der Waals surface area contributed by atoms with Gasteiger partial charge in [0.1, 0.15) is 0 Å². The summed E-state index contributed by atoms with van der Waals surface area (Å²) in [6.07, 6.45) is 2.03. The maximum absolute atomic E-state index is 12.0. The minimum atomic E-state index is 0.167. The van der Waals surface area contributed by atoms with E-state index >= 15 is 0 Å². The van der Waals surface area contributed by atoms with E-state index < -0.39 is 0 Å². The Kier molecular flexibility index (Phi) is 5.55. The summed E-state index contributed by atoms with van der Waals surface area (Å²) >= 11 is 6.64. The number of hydrogen-bond acceptors (Lipinski definition) is 3. The number of halogens is 1. The van der Waals surface area contributed by atoms with Crippen molar-refractivity contribution in [1.29, 1.82) is 0 Å². The molecule has 0 N–H and O–H groups in total. The first kappa shape index (κ1) is 14.7. The maximum atomic E-state index is 12.0. The molecule has 0 saturated heterocycles. The van der Waals surface area contributed by atoms with Gasteiger partial charge in [0.2, 0.25) is 0 Å². The Hall–Kier alpha value is -0.710. The summed E-state index contributed by atoms with van der Waals surface area (Å²) in [5, 5.41) is 0. The second-order valence-electron chi connectivity index (χ2n) is 3.89. The zero-order valence-electron chi connectivity index (χ0n) is 10.4. The minimum absolute atomic E-state index is 0.167. The molecule has 0 saturated carbocycles. The molecule has 98 valence electrons. The van der Waals surface area contributed by atoms with Gasteiger partial charge in [-0.15, -0.1) is 23.5 Å². The monoisotopic (exact) mass is 352 g/mol. The molecule has 0 spiro atoms. The lowest BCUT2D eigenvalue weighted by Gasteiger charge is -2.03. The van der Waals surface area contributed by atoms with Crippen LogP contribution < -0.4 is 0 Å². The molecule has 0 fully saturated rings. The summed E-state index contributed by atoms with van der Waals surface area (Å²) in [5.74, 6) is 0.640. The summed E-state index contributed by atoms with van der Waals surface area (Å²) < 4.78 is 1.05. The molecule has 19 heavy (non-hydrogen) atoms. The van der Waals surface area contributed by atoms with Crippen LogP contribution in [0.2, 0.25) is 0 Å². The fraction of sp³-hybridized carbons (Fsp3) is 0.133. The molecule has 0 bridgehead atoms. The number of hydrogen-bond donors (Lipinski definition) is 0. The molecular formula is C15H13BrOS2. The molecule has 0 amide bonds. The largest absolute Gasteiger partial charge is 0.293 e. The zero-order chi connectivity index (χ0) is 13.7. The van der Waals surface area contributed by atoms with Crippen LogP contribution in [0.15, 0.2) is 62.8 Å². The molecule has 1 nitrogen and oxygen atoms in total. The Labute approximate surface area is 130 Å². The van der Waals surface area contributed by atoms with Crippen LogP contribution in [0.4, 0.5) is 0 Å². The lowest BCUT2D eigenvalue weighted by molar-refractivity contribution is 0.102. The molecule has 0 unspecified atom stereocenters. The Morgan fingerprint density at radius 1 is 1.00 bits per heavy atom. The van der Waals surface area contributed by atoms with Crippen molar-refractivity contribution in [3.63, 3.8) is 0 Å². The van der Waals surface area contributed by atoms with E-state index in [9.17, 15) is 4.79 Å². The smallest absolute Gasteiger partial charge is 0.173 e. The van der Waals surface area contributed by atoms with Crippen molar-refractivity contribution in [3.05, 3.63) is 58.6 Å². The van der Waals surface area contributed by atoms with Gasteiger partial charge in [0.25, 0.3) is 0 Å². The quantitative estimate of drug-likeness (QED) is 0.547. The number of carbonyl (C=O) groups excluding carboxylic acids is 1. The first-order valence-corrected chi connectivity index (χ1v) is 8.75. The van der Waals surface area contributed by atoms with E-state index in [1.165, 1.54) is 4.90 Å². The van der Waals surface area contributed by atoms with Gasteiger partial charge in [0.05, 0.1) is 5.75 Å². The molecule has 0 aromatic heterocycles. The lowest BCUT2D eigenvalue weighted by Crippen LogP contribution is -2.01. The first-order valence-electron chi connectivity index (χ1n) is 5.74. The van der Waals surface area contributed by atoms with Crippen molar-refractivity contribution in [2.45, 2.75) is 9.79 Å². The van der Waals surface area contributed by atoms with E-state index in [0.717, 1.165) is 14.9 Å². The molecule has 0 atom stereocenters. The van der Waals surface area contributed by atoms with Crippen molar-refractivity contribution in [3.8, 4) is 0 Å². The fourth-order valence-electron chi connectivity index (χ4n) is 1.54. The van der Waals surface area contributed by atoms with Crippen LogP contribution in [0.3, 0.4) is 0 Å². The van der Waals surface area contributed by atoms with E-state index in [4.69, 9.17) is 0 Å². The summed E-state index contributed by atoms with van der Waals surface area (Å²) in [7, 11) is 0. The van der Waals surface area contributed by atoms with Gasteiger partial charge in [0.15, 0.2) is 5.78 Å². The molecule has 0 heterocycles. The van der Waals surface area contributed by atoms with Crippen LogP contribution in [-0.2, 0) is 0 Å².